The molecule has 1 atom stereocenters. The summed E-state index contributed by atoms with van der Waals surface area (Å²) in [7, 11) is 1.71. The molecule has 2 heterocycles. The molecule has 0 spiro atoms. The van der Waals surface area contributed by atoms with Gasteiger partial charge in [0.1, 0.15) is 5.69 Å². The van der Waals surface area contributed by atoms with E-state index in [2.05, 4.69) is 9.88 Å². The van der Waals surface area contributed by atoms with E-state index in [1.54, 1.807) is 13.2 Å². The Morgan fingerprint density at radius 1 is 1.61 bits per heavy atom. The number of aromatic nitrogens is 1. The van der Waals surface area contributed by atoms with Crippen LogP contribution in [0.5, 0.6) is 0 Å². The first-order valence-electron chi connectivity index (χ1n) is 6.22. The number of pyridine rings is 1. The van der Waals surface area contributed by atoms with Crippen molar-refractivity contribution in [1.29, 1.82) is 0 Å². The van der Waals surface area contributed by atoms with E-state index in [4.69, 9.17) is 10.5 Å². The van der Waals surface area contributed by atoms with Crippen LogP contribution in [0.25, 0.3) is 0 Å². The van der Waals surface area contributed by atoms with Crippen molar-refractivity contribution in [3.63, 3.8) is 0 Å². The number of likely N-dealkylation sites (tertiary alicyclic amines) is 1. The fourth-order valence-electron chi connectivity index (χ4n) is 2.41. The van der Waals surface area contributed by atoms with E-state index in [-0.39, 0.29) is 6.04 Å². The van der Waals surface area contributed by atoms with E-state index in [0.717, 1.165) is 31.6 Å². The molecule has 5 heteroatoms. The van der Waals surface area contributed by atoms with Gasteiger partial charge in [0.05, 0.1) is 18.3 Å². The summed E-state index contributed by atoms with van der Waals surface area (Å²) in [5, 5.41) is 0. The number of amides is 1. The molecule has 1 fully saturated rings. The Morgan fingerprint density at radius 2 is 2.44 bits per heavy atom. The number of nitrogens with zero attached hydrogens (tertiary/aromatic N) is 2. The van der Waals surface area contributed by atoms with Gasteiger partial charge >= 0.3 is 0 Å². The van der Waals surface area contributed by atoms with Crippen LogP contribution >= 0.6 is 0 Å². The summed E-state index contributed by atoms with van der Waals surface area (Å²) in [6.07, 6.45) is 2.22. The Balaban J connectivity index is 2.14. The Hall–Kier alpha value is -1.46. The maximum atomic E-state index is 11.1. The first-order valence-corrected chi connectivity index (χ1v) is 6.22. The highest BCUT2D eigenvalue weighted by Gasteiger charge is 2.26. The van der Waals surface area contributed by atoms with Crippen molar-refractivity contribution >= 4 is 5.91 Å². The van der Waals surface area contributed by atoms with Crippen molar-refractivity contribution in [2.75, 3.05) is 26.8 Å². The Kier molecular flexibility index (Phi) is 4.28. The normalized spacial score (nSPS) is 20.2. The van der Waals surface area contributed by atoms with Crippen LogP contribution in [0, 0.1) is 0 Å². The molecule has 0 radical (unpaired) electrons. The molecule has 1 amide bonds. The molecular formula is C13H19N3O2. The minimum atomic E-state index is -0.474. The van der Waals surface area contributed by atoms with Gasteiger partial charge in [-0.2, -0.15) is 0 Å². The van der Waals surface area contributed by atoms with Crippen LogP contribution in [0.1, 0.15) is 35.1 Å². The molecule has 1 aliphatic rings. The molecule has 18 heavy (non-hydrogen) atoms. The lowest BCUT2D eigenvalue weighted by Crippen LogP contribution is -2.28. The molecule has 0 bridgehead atoms. The monoisotopic (exact) mass is 249 g/mol. The SMILES string of the molecule is COCCN1CCCC1c1cccc(C(N)=O)n1. The predicted octanol–water partition coefficient (Wildman–Crippen LogP) is 0.964. The molecular weight excluding hydrogens is 230 g/mol. The zero-order valence-corrected chi connectivity index (χ0v) is 10.6. The summed E-state index contributed by atoms with van der Waals surface area (Å²) in [5.41, 5.74) is 6.53. The van der Waals surface area contributed by atoms with Crippen LogP contribution in [-0.2, 0) is 4.74 Å². The standard InChI is InChI=1S/C13H19N3O2/c1-18-9-8-16-7-3-6-12(16)10-4-2-5-11(15-10)13(14)17/h2,4-5,12H,3,6-9H2,1H3,(H2,14,17). The minimum Gasteiger partial charge on any atom is -0.383 e. The molecule has 1 aromatic heterocycles. The van der Waals surface area contributed by atoms with Crippen LogP contribution in [0.15, 0.2) is 18.2 Å². The van der Waals surface area contributed by atoms with Crippen LogP contribution in [0.2, 0.25) is 0 Å². The largest absolute Gasteiger partial charge is 0.383 e. The average Bonchev–Trinajstić information content (AvgIpc) is 2.84. The summed E-state index contributed by atoms with van der Waals surface area (Å²) in [6, 6.07) is 5.73. The Labute approximate surface area is 107 Å². The second-order valence-electron chi connectivity index (χ2n) is 4.50. The molecule has 2 rings (SSSR count). The molecule has 1 aromatic rings. The van der Waals surface area contributed by atoms with Crippen molar-refractivity contribution < 1.29 is 9.53 Å². The van der Waals surface area contributed by atoms with Crippen molar-refractivity contribution in [2.45, 2.75) is 18.9 Å². The van der Waals surface area contributed by atoms with Crippen LogP contribution in [-0.4, -0.2) is 42.6 Å². The maximum Gasteiger partial charge on any atom is 0.267 e. The first-order chi connectivity index (χ1) is 8.72. The second kappa shape index (κ2) is 5.93. The highest BCUT2D eigenvalue weighted by Crippen LogP contribution is 2.30. The van der Waals surface area contributed by atoms with E-state index in [1.807, 2.05) is 12.1 Å². The summed E-state index contributed by atoms with van der Waals surface area (Å²) < 4.78 is 5.11. The van der Waals surface area contributed by atoms with E-state index in [9.17, 15) is 4.79 Å². The zero-order valence-electron chi connectivity index (χ0n) is 10.6. The Bertz CT molecular complexity index is 422. The highest BCUT2D eigenvalue weighted by molar-refractivity contribution is 5.90. The van der Waals surface area contributed by atoms with E-state index >= 15 is 0 Å². The van der Waals surface area contributed by atoms with Gasteiger partial charge in [-0.25, -0.2) is 4.98 Å². The minimum absolute atomic E-state index is 0.277. The molecule has 0 saturated carbocycles. The molecule has 1 aliphatic heterocycles. The quantitative estimate of drug-likeness (QED) is 0.844. The molecule has 1 saturated heterocycles. The lowest BCUT2D eigenvalue weighted by Gasteiger charge is -2.23. The van der Waals surface area contributed by atoms with E-state index in [1.165, 1.54) is 0 Å². The number of primary amides is 1. The van der Waals surface area contributed by atoms with Crippen LogP contribution < -0.4 is 5.73 Å². The van der Waals surface area contributed by atoms with Crippen molar-refractivity contribution in [2.24, 2.45) is 5.73 Å². The average molecular weight is 249 g/mol. The second-order valence-corrected chi connectivity index (χ2v) is 4.50. The van der Waals surface area contributed by atoms with Gasteiger partial charge < -0.3 is 10.5 Å². The summed E-state index contributed by atoms with van der Waals surface area (Å²) in [6.45, 7) is 2.66. The highest BCUT2D eigenvalue weighted by atomic mass is 16.5. The number of nitrogens with two attached hydrogens (primary N) is 1. The fourth-order valence-corrected chi connectivity index (χ4v) is 2.41. The molecule has 5 nitrogen and oxygen atoms in total. The predicted molar refractivity (Wildman–Crippen MR) is 68.2 cm³/mol. The lowest BCUT2D eigenvalue weighted by atomic mass is 10.1. The van der Waals surface area contributed by atoms with Gasteiger partial charge in [-0.05, 0) is 31.5 Å². The van der Waals surface area contributed by atoms with E-state index in [0.29, 0.717) is 12.3 Å². The third-order valence-electron chi connectivity index (χ3n) is 3.31. The molecule has 2 N–H and O–H groups in total. The van der Waals surface area contributed by atoms with Gasteiger partial charge in [-0.1, -0.05) is 6.07 Å². The van der Waals surface area contributed by atoms with Gasteiger partial charge in [0.15, 0.2) is 0 Å². The maximum absolute atomic E-state index is 11.1. The van der Waals surface area contributed by atoms with Crippen LogP contribution in [0.4, 0.5) is 0 Å². The van der Waals surface area contributed by atoms with Crippen molar-refractivity contribution in [3.8, 4) is 0 Å². The fraction of sp³-hybridized carbons (Fsp3) is 0.538. The Morgan fingerprint density at radius 3 is 3.17 bits per heavy atom. The van der Waals surface area contributed by atoms with Gasteiger partial charge in [0.2, 0.25) is 0 Å². The van der Waals surface area contributed by atoms with Gasteiger partial charge in [-0.15, -0.1) is 0 Å². The summed E-state index contributed by atoms with van der Waals surface area (Å²) in [5.74, 6) is -0.474. The van der Waals surface area contributed by atoms with Gasteiger partial charge in [0, 0.05) is 13.7 Å². The number of methoxy groups -OCH3 is 1. The summed E-state index contributed by atoms with van der Waals surface area (Å²) >= 11 is 0. The zero-order chi connectivity index (χ0) is 13.0. The number of hydrogen-bond donors (Lipinski definition) is 1. The molecule has 0 aromatic carbocycles. The summed E-state index contributed by atoms with van der Waals surface area (Å²) in [4.78, 5) is 17.8. The van der Waals surface area contributed by atoms with E-state index < -0.39 is 5.91 Å². The van der Waals surface area contributed by atoms with Crippen molar-refractivity contribution in [3.05, 3.63) is 29.6 Å². The van der Waals surface area contributed by atoms with Crippen molar-refractivity contribution in [1.82, 2.24) is 9.88 Å². The molecule has 0 aliphatic carbocycles. The molecule has 98 valence electrons. The first kappa shape index (κ1) is 13.0. The number of carbonyl (C=O) groups excluding carboxylic acids is 1. The smallest absolute Gasteiger partial charge is 0.267 e. The number of hydrogen-bond acceptors (Lipinski definition) is 4. The van der Waals surface area contributed by atoms with Gasteiger partial charge in [0.25, 0.3) is 5.91 Å². The lowest BCUT2D eigenvalue weighted by molar-refractivity contribution is 0.0994. The third kappa shape index (κ3) is 2.86. The third-order valence-corrected chi connectivity index (χ3v) is 3.31. The van der Waals surface area contributed by atoms with Gasteiger partial charge in [-0.3, -0.25) is 9.69 Å². The van der Waals surface area contributed by atoms with Crippen LogP contribution in [0.3, 0.4) is 0 Å². The molecule has 1 unspecified atom stereocenters. The number of ether oxygens (including phenoxy) is 1. The number of rotatable bonds is 5. The number of carbonyl (C=O) groups is 1. The topological polar surface area (TPSA) is 68.5 Å².